The van der Waals surface area contributed by atoms with E-state index in [-0.39, 0.29) is 24.4 Å². The molecule has 2 aliphatic rings. The average Bonchev–Trinajstić information content (AvgIpc) is 2.99. The van der Waals surface area contributed by atoms with E-state index in [4.69, 9.17) is 4.74 Å². The van der Waals surface area contributed by atoms with Gasteiger partial charge in [0.25, 0.3) is 0 Å². The molecule has 9 atom stereocenters. The van der Waals surface area contributed by atoms with Crippen LogP contribution in [-0.4, -0.2) is 99.1 Å². The number of nitrogens with one attached hydrogen (secondary N) is 1. The highest BCUT2D eigenvalue weighted by molar-refractivity contribution is 7.99. The predicted molar refractivity (Wildman–Crippen MR) is 106 cm³/mol. The molecule has 0 bridgehead atoms. The number of rotatable bonds is 6. The molecule has 0 aromatic heterocycles. The monoisotopic (exact) mass is 428 g/mol. The lowest BCUT2D eigenvalue weighted by Crippen LogP contribution is -2.65. The first-order valence-corrected chi connectivity index (χ1v) is 10.4. The number of likely N-dealkylation sites (tertiary alicyclic amines) is 1. The Hall–Kier alpha value is -0.130. The Morgan fingerprint density at radius 1 is 1.30 bits per heavy atom. The zero-order valence-electron chi connectivity index (χ0n) is 16.2. The van der Waals surface area contributed by atoms with Gasteiger partial charge in [0.05, 0.1) is 18.2 Å². The van der Waals surface area contributed by atoms with Gasteiger partial charge in [0, 0.05) is 6.54 Å². The van der Waals surface area contributed by atoms with Gasteiger partial charge in [-0.3, -0.25) is 9.69 Å². The molecule has 1 amide bonds. The molecule has 5 N–H and O–H groups in total. The molecule has 27 heavy (non-hydrogen) atoms. The first-order valence-electron chi connectivity index (χ1n) is 9.12. The second kappa shape index (κ2) is 10.6. The lowest BCUT2D eigenvalue weighted by molar-refractivity contribution is -0.211. The van der Waals surface area contributed by atoms with Gasteiger partial charge in [0.2, 0.25) is 5.91 Å². The molecular formula is C17H33ClN2O6S. The van der Waals surface area contributed by atoms with Gasteiger partial charge < -0.3 is 30.5 Å². The van der Waals surface area contributed by atoms with Crippen LogP contribution in [-0.2, 0) is 9.53 Å². The molecule has 0 unspecified atom stereocenters. The molecule has 10 heteroatoms. The number of amides is 1. The summed E-state index contributed by atoms with van der Waals surface area (Å²) in [4.78, 5) is 14.8. The Morgan fingerprint density at radius 3 is 2.41 bits per heavy atom. The second-order valence-corrected chi connectivity index (χ2v) is 8.35. The summed E-state index contributed by atoms with van der Waals surface area (Å²) in [7, 11) is 1.90. The number of aliphatic hydroxyl groups excluding tert-OH is 4. The Labute approximate surface area is 171 Å². The summed E-state index contributed by atoms with van der Waals surface area (Å²) in [5.74, 6) is 0.224. The van der Waals surface area contributed by atoms with Crippen LogP contribution in [0.5, 0.6) is 0 Å². The van der Waals surface area contributed by atoms with E-state index in [1.807, 2.05) is 11.9 Å². The van der Waals surface area contributed by atoms with Gasteiger partial charge in [-0.05, 0) is 32.6 Å². The minimum atomic E-state index is -1.42. The number of hydrogen-bond acceptors (Lipinski definition) is 8. The van der Waals surface area contributed by atoms with Gasteiger partial charge in [-0.15, -0.1) is 24.2 Å². The van der Waals surface area contributed by atoms with Crippen LogP contribution in [0.2, 0.25) is 0 Å². The number of likely N-dealkylation sites (N-methyl/N-ethyl adjacent to an activating group) is 1. The van der Waals surface area contributed by atoms with Crippen molar-refractivity contribution < 1.29 is 30.0 Å². The van der Waals surface area contributed by atoms with E-state index in [1.165, 1.54) is 18.7 Å². The molecule has 2 rings (SSSR count). The first-order chi connectivity index (χ1) is 12.2. The van der Waals surface area contributed by atoms with Crippen LogP contribution in [0.4, 0.5) is 0 Å². The number of aliphatic hydroxyl groups is 4. The molecule has 2 heterocycles. The van der Waals surface area contributed by atoms with E-state index in [0.29, 0.717) is 5.92 Å². The minimum Gasteiger partial charge on any atom is -0.391 e. The van der Waals surface area contributed by atoms with Crippen molar-refractivity contribution in [2.45, 2.75) is 74.7 Å². The van der Waals surface area contributed by atoms with Crippen LogP contribution in [0.3, 0.4) is 0 Å². The maximum atomic E-state index is 12.8. The highest BCUT2D eigenvalue weighted by Crippen LogP contribution is 2.30. The molecule has 0 aliphatic carbocycles. The van der Waals surface area contributed by atoms with Gasteiger partial charge in [0.15, 0.2) is 0 Å². The van der Waals surface area contributed by atoms with Gasteiger partial charge in [-0.2, -0.15) is 0 Å². The summed E-state index contributed by atoms with van der Waals surface area (Å²) in [5, 5.41) is 43.4. The number of thioether (sulfide) groups is 1. The number of hydrogen-bond donors (Lipinski definition) is 5. The molecule has 0 spiro atoms. The largest absolute Gasteiger partial charge is 0.391 e. The van der Waals surface area contributed by atoms with Crippen LogP contribution in [0, 0.1) is 5.92 Å². The highest BCUT2D eigenvalue weighted by Gasteiger charge is 2.48. The summed E-state index contributed by atoms with van der Waals surface area (Å²) < 4.78 is 5.70. The van der Waals surface area contributed by atoms with Crippen molar-refractivity contribution in [1.82, 2.24) is 10.2 Å². The van der Waals surface area contributed by atoms with Crippen LogP contribution in [0.25, 0.3) is 0 Å². The topological polar surface area (TPSA) is 122 Å². The Bertz CT molecular complexity index is 486. The Kier molecular flexibility index (Phi) is 9.77. The predicted octanol–water partition coefficient (Wildman–Crippen LogP) is -0.825. The van der Waals surface area contributed by atoms with Crippen LogP contribution < -0.4 is 5.32 Å². The third-order valence-corrected chi connectivity index (χ3v) is 6.39. The van der Waals surface area contributed by atoms with Gasteiger partial charge >= 0.3 is 0 Å². The standard InChI is InChI=1S/C17H32N2O6S.ClH/c1-5-9-6-10(19(3)7-9)16(24)18-11(8(2)20)15-13(22)12(21)14(23)17(25-15)26-4;/h8-15,17,20-23H,5-7H2,1-4H3,(H,18,24);1H/t8-,9-,10+,11-,12+,13-,14-,15-,17-;/m1./s1. The summed E-state index contributed by atoms with van der Waals surface area (Å²) in [6.07, 6.45) is -2.65. The summed E-state index contributed by atoms with van der Waals surface area (Å²) in [6.45, 7) is 4.44. The third kappa shape index (κ3) is 5.48. The zero-order valence-corrected chi connectivity index (χ0v) is 17.8. The van der Waals surface area contributed by atoms with Crippen LogP contribution >= 0.6 is 24.2 Å². The lowest BCUT2D eigenvalue weighted by atomic mass is 9.92. The van der Waals surface area contributed by atoms with Crippen molar-refractivity contribution in [2.75, 3.05) is 19.8 Å². The Balaban J connectivity index is 0.00000364. The molecule has 160 valence electrons. The molecule has 0 radical (unpaired) electrons. The summed E-state index contributed by atoms with van der Waals surface area (Å²) >= 11 is 1.19. The number of carbonyl (C=O) groups is 1. The fourth-order valence-corrected chi connectivity index (χ4v) is 4.49. The molecule has 0 saturated carbocycles. The van der Waals surface area contributed by atoms with E-state index in [9.17, 15) is 25.2 Å². The first kappa shape index (κ1) is 24.9. The molecule has 8 nitrogen and oxygen atoms in total. The van der Waals surface area contributed by atoms with E-state index in [0.717, 1.165) is 19.4 Å². The van der Waals surface area contributed by atoms with Gasteiger partial charge in [-0.25, -0.2) is 0 Å². The number of nitrogens with zero attached hydrogens (tertiary/aromatic N) is 1. The van der Waals surface area contributed by atoms with Gasteiger partial charge in [-0.1, -0.05) is 13.3 Å². The van der Waals surface area contributed by atoms with Crippen molar-refractivity contribution in [3.05, 3.63) is 0 Å². The molecular weight excluding hydrogens is 396 g/mol. The van der Waals surface area contributed by atoms with E-state index >= 15 is 0 Å². The Morgan fingerprint density at radius 2 is 1.93 bits per heavy atom. The second-order valence-electron chi connectivity index (χ2n) is 7.42. The molecule has 2 aliphatic heterocycles. The number of halogens is 1. The van der Waals surface area contributed by atoms with Crippen molar-refractivity contribution in [3.8, 4) is 0 Å². The molecule has 0 aromatic carbocycles. The quantitative estimate of drug-likeness (QED) is 0.372. The van der Waals surface area contributed by atoms with Crippen molar-refractivity contribution >= 4 is 30.1 Å². The SMILES string of the molecule is CC[C@@H]1C[C@@H](C(=O)N[C@@H]([C@H]2O[C@H](SC)[C@H](O)[C@@H](O)[C@H]2O)[C@@H](C)O)N(C)C1.Cl. The van der Waals surface area contributed by atoms with E-state index < -0.39 is 42.0 Å². The average molecular weight is 429 g/mol. The normalized spacial score (nSPS) is 39.5. The smallest absolute Gasteiger partial charge is 0.237 e. The molecule has 0 aromatic rings. The van der Waals surface area contributed by atoms with Crippen LogP contribution in [0.1, 0.15) is 26.7 Å². The summed E-state index contributed by atoms with van der Waals surface area (Å²) in [6, 6.07) is -1.20. The van der Waals surface area contributed by atoms with Crippen molar-refractivity contribution in [1.29, 1.82) is 0 Å². The van der Waals surface area contributed by atoms with E-state index in [1.54, 1.807) is 6.26 Å². The fourth-order valence-electron chi connectivity index (χ4n) is 3.81. The lowest BCUT2D eigenvalue weighted by Gasteiger charge is -2.44. The minimum absolute atomic E-state index is 0. The van der Waals surface area contributed by atoms with Crippen molar-refractivity contribution in [3.63, 3.8) is 0 Å². The highest BCUT2D eigenvalue weighted by atomic mass is 35.5. The number of ether oxygens (including phenoxy) is 1. The van der Waals surface area contributed by atoms with Gasteiger partial charge in [0.1, 0.15) is 29.9 Å². The molecule has 2 saturated heterocycles. The zero-order chi connectivity index (χ0) is 19.6. The maximum Gasteiger partial charge on any atom is 0.237 e. The van der Waals surface area contributed by atoms with Crippen molar-refractivity contribution in [2.24, 2.45) is 5.92 Å². The van der Waals surface area contributed by atoms with E-state index in [2.05, 4.69) is 12.2 Å². The summed E-state index contributed by atoms with van der Waals surface area (Å²) in [5.41, 5.74) is -0.754. The third-order valence-electron chi connectivity index (χ3n) is 5.54. The number of carbonyl (C=O) groups excluding carboxylic acids is 1. The van der Waals surface area contributed by atoms with Crippen LogP contribution in [0.15, 0.2) is 0 Å². The fraction of sp³-hybridized carbons (Fsp3) is 0.941. The maximum absolute atomic E-state index is 12.8. The molecule has 2 fully saturated rings.